The highest BCUT2D eigenvalue weighted by molar-refractivity contribution is 7.99. The molecule has 0 heterocycles. The summed E-state index contributed by atoms with van der Waals surface area (Å²) < 4.78 is 8.52. The Kier molecular flexibility index (Phi) is 11.1. The monoisotopic (exact) mass is 566 g/mol. The molecule has 1 saturated carbocycles. The Morgan fingerprint density at radius 3 is 2.35 bits per heavy atom. The Morgan fingerprint density at radius 1 is 1.11 bits per heavy atom. The van der Waals surface area contributed by atoms with E-state index in [0.717, 1.165) is 49.6 Å². The third-order valence-electron chi connectivity index (χ3n) is 7.01. The van der Waals surface area contributed by atoms with E-state index in [4.69, 9.17) is 27.9 Å². The number of nitrogens with zero attached hydrogens (tertiary/aromatic N) is 3. The molecule has 1 aliphatic rings. The fourth-order valence-electron chi connectivity index (χ4n) is 4.89. The smallest absolute Gasteiger partial charge is 0.328 e. The van der Waals surface area contributed by atoms with Crippen LogP contribution in [0.4, 0.5) is 11.4 Å². The molecule has 0 spiro atoms. The van der Waals surface area contributed by atoms with Gasteiger partial charge in [-0.2, -0.15) is 0 Å². The van der Waals surface area contributed by atoms with E-state index in [1.807, 2.05) is 38.4 Å². The first-order valence-corrected chi connectivity index (χ1v) is 14.2. The summed E-state index contributed by atoms with van der Waals surface area (Å²) in [4.78, 5) is 29.4. The van der Waals surface area contributed by atoms with Gasteiger partial charge in [-0.15, -0.1) is 4.91 Å². The number of rotatable bonds is 12. The number of para-hydroxylation sites is 2. The van der Waals surface area contributed by atoms with E-state index in [9.17, 15) is 9.70 Å². The molecule has 202 valence electrons. The van der Waals surface area contributed by atoms with Gasteiger partial charge in [0.1, 0.15) is 6.04 Å². The molecule has 0 aliphatic heterocycles. The zero-order valence-electron chi connectivity index (χ0n) is 21.9. The van der Waals surface area contributed by atoms with Crippen LogP contribution in [0.2, 0.25) is 10.0 Å². The first kappa shape index (κ1) is 29.7. The number of hydrogen-bond acceptors (Lipinski definition) is 8. The van der Waals surface area contributed by atoms with Crippen LogP contribution in [0.25, 0.3) is 0 Å². The van der Waals surface area contributed by atoms with E-state index in [0.29, 0.717) is 28.0 Å². The maximum atomic E-state index is 13.7. The topological polar surface area (TPSA) is 74.2 Å². The second-order valence-corrected chi connectivity index (χ2v) is 11.7. The lowest BCUT2D eigenvalue weighted by Crippen LogP contribution is -2.53. The third-order valence-corrected chi connectivity index (χ3v) is 8.64. The second kappa shape index (κ2) is 13.8. The summed E-state index contributed by atoms with van der Waals surface area (Å²) in [7, 11) is 3.96. The molecular weight excluding hydrogens is 531 g/mol. The average molecular weight is 568 g/mol. The van der Waals surface area contributed by atoms with Gasteiger partial charge in [-0.1, -0.05) is 66.7 Å². The van der Waals surface area contributed by atoms with Crippen LogP contribution in [0.15, 0.2) is 47.0 Å². The molecule has 7 nitrogen and oxygen atoms in total. The summed E-state index contributed by atoms with van der Waals surface area (Å²) in [5.41, 5.74) is 2.00. The summed E-state index contributed by atoms with van der Waals surface area (Å²) in [6.45, 7) is 4.62. The molecule has 2 aromatic rings. The molecule has 37 heavy (non-hydrogen) atoms. The van der Waals surface area contributed by atoms with Gasteiger partial charge in [-0.3, -0.25) is 9.80 Å². The number of nitroso groups, excluding NO2 is 1. The fourth-order valence-corrected chi connectivity index (χ4v) is 6.21. The van der Waals surface area contributed by atoms with Crippen molar-refractivity contribution in [3.05, 3.63) is 63.0 Å². The van der Waals surface area contributed by atoms with Crippen LogP contribution in [-0.4, -0.2) is 53.9 Å². The van der Waals surface area contributed by atoms with Crippen molar-refractivity contribution in [1.82, 2.24) is 9.80 Å². The number of halogens is 2. The number of carbonyl (C=O) groups excluding carboxylic acids is 1. The van der Waals surface area contributed by atoms with Gasteiger partial charge in [-0.25, -0.2) is 4.79 Å². The van der Waals surface area contributed by atoms with Crippen molar-refractivity contribution in [2.24, 2.45) is 4.58 Å². The largest absolute Gasteiger partial charge is 0.465 e. The van der Waals surface area contributed by atoms with Crippen LogP contribution >= 0.6 is 35.1 Å². The molecule has 2 aromatic carbocycles. The molecule has 0 bridgehead atoms. The first-order chi connectivity index (χ1) is 17.7. The van der Waals surface area contributed by atoms with E-state index in [1.165, 1.54) is 0 Å². The van der Waals surface area contributed by atoms with Crippen molar-refractivity contribution in [1.29, 1.82) is 0 Å². The number of ether oxygens (including phenoxy) is 1. The van der Waals surface area contributed by atoms with Gasteiger partial charge in [0.2, 0.25) is 0 Å². The SMILES string of the molecule is CCOC(=O)C(c1ccccc1Nc1c(Cl)cccc1Cl)N(CC1(SN=O)CCCCC1)C(C)N(C)C. The van der Waals surface area contributed by atoms with Crippen molar-refractivity contribution >= 4 is 52.5 Å². The second-order valence-electron chi connectivity index (χ2n) is 9.64. The molecule has 3 rings (SSSR count). The zero-order chi connectivity index (χ0) is 27.0. The number of benzene rings is 2. The lowest BCUT2D eigenvalue weighted by atomic mass is 9.87. The standard InChI is InChI=1S/C27H36Cl2N4O3S/c1-5-36-26(34)25(20-12-7-8-15-23(20)30-24-21(28)13-11-14-22(24)29)33(19(2)32(3)4)18-27(37-31-35)16-9-6-10-17-27/h7-8,11-15,19,25,30H,5-6,9-10,16-18H2,1-4H3. The molecule has 1 fully saturated rings. The van der Waals surface area contributed by atoms with Crippen LogP contribution in [-0.2, 0) is 9.53 Å². The van der Waals surface area contributed by atoms with Gasteiger partial charge in [0.05, 0.1) is 33.3 Å². The molecule has 0 aromatic heterocycles. The minimum atomic E-state index is -0.742. The molecule has 0 amide bonds. The van der Waals surface area contributed by atoms with Gasteiger partial charge in [-0.05, 0) is 59.0 Å². The van der Waals surface area contributed by atoms with Crippen molar-refractivity contribution in [3.63, 3.8) is 0 Å². The quantitative estimate of drug-likeness (QED) is 0.122. The van der Waals surface area contributed by atoms with E-state index in [2.05, 4.69) is 26.6 Å². The number of anilines is 2. The van der Waals surface area contributed by atoms with Gasteiger partial charge in [0.25, 0.3) is 0 Å². The molecule has 0 radical (unpaired) electrons. The third kappa shape index (κ3) is 7.39. The van der Waals surface area contributed by atoms with Crippen molar-refractivity contribution in [2.45, 2.75) is 62.9 Å². The van der Waals surface area contributed by atoms with Crippen LogP contribution in [0.1, 0.15) is 57.6 Å². The Hall–Kier alpha value is -1.84. The van der Waals surface area contributed by atoms with E-state index >= 15 is 0 Å². The van der Waals surface area contributed by atoms with Crippen LogP contribution in [0, 0.1) is 4.91 Å². The Bertz CT molecular complexity index is 1050. The van der Waals surface area contributed by atoms with Crippen molar-refractivity contribution < 1.29 is 9.53 Å². The highest BCUT2D eigenvalue weighted by atomic mass is 35.5. The number of esters is 1. The predicted octanol–water partition coefficient (Wildman–Crippen LogP) is 7.67. The number of hydrogen-bond donors (Lipinski definition) is 1. The molecule has 10 heteroatoms. The maximum Gasteiger partial charge on any atom is 0.328 e. The molecule has 2 unspecified atom stereocenters. The minimum Gasteiger partial charge on any atom is -0.465 e. The Balaban J connectivity index is 2.13. The van der Waals surface area contributed by atoms with E-state index in [1.54, 1.807) is 25.1 Å². The van der Waals surface area contributed by atoms with Crippen LogP contribution in [0.3, 0.4) is 0 Å². The van der Waals surface area contributed by atoms with E-state index < -0.39 is 6.04 Å². The summed E-state index contributed by atoms with van der Waals surface area (Å²) >= 11 is 14.0. The molecular formula is C27H36Cl2N4O3S. The highest BCUT2D eigenvalue weighted by Gasteiger charge is 2.42. The summed E-state index contributed by atoms with van der Waals surface area (Å²) in [6.07, 6.45) is 4.78. The summed E-state index contributed by atoms with van der Waals surface area (Å²) in [5.74, 6) is -0.356. The Morgan fingerprint density at radius 2 is 1.76 bits per heavy atom. The van der Waals surface area contributed by atoms with Gasteiger partial charge in [0, 0.05) is 34.3 Å². The molecule has 0 saturated heterocycles. The first-order valence-electron chi connectivity index (χ1n) is 12.6. The molecule has 1 N–H and O–H groups in total. The van der Waals surface area contributed by atoms with Gasteiger partial charge in [0.15, 0.2) is 0 Å². The van der Waals surface area contributed by atoms with Crippen LogP contribution in [0.5, 0.6) is 0 Å². The number of carbonyl (C=O) groups is 1. The van der Waals surface area contributed by atoms with Crippen molar-refractivity contribution in [3.8, 4) is 0 Å². The lowest BCUT2D eigenvalue weighted by molar-refractivity contribution is -0.152. The lowest BCUT2D eigenvalue weighted by Gasteiger charge is -2.45. The zero-order valence-corrected chi connectivity index (χ0v) is 24.2. The fraction of sp³-hybridized carbons (Fsp3) is 0.519. The van der Waals surface area contributed by atoms with E-state index in [-0.39, 0.29) is 23.5 Å². The highest BCUT2D eigenvalue weighted by Crippen LogP contribution is 2.44. The van der Waals surface area contributed by atoms with Gasteiger partial charge >= 0.3 is 5.97 Å². The van der Waals surface area contributed by atoms with Crippen molar-refractivity contribution in [2.75, 3.05) is 32.6 Å². The molecule has 1 aliphatic carbocycles. The Labute approximate surface area is 234 Å². The predicted molar refractivity (Wildman–Crippen MR) is 155 cm³/mol. The summed E-state index contributed by atoms with van der Waals surface area (Å²) in [6, 6.07) is 12.2. The molecule has 2 atom stereocenters. The minimum absolute atomic E-state index is 0.141. The average Bonchev–Trinajstić information content (AvgIpc) is 2.87. The maximum absolute atomic E-state index is 13.7. The van der Waals surface area contributed by atoms with Crippen LogP contribution < -0.4 is 5.32 Å². The summed E-state index contributed by atoms with van der Waals surface area (Å²) in [5, 5.41) is 4.31. The number of nitrogens with one attached hydrogen (secondary N) is 1. The van der Waals surface area contributed by atoms with Gasteiger partial charge < -0.3 is 10.1 Å². The normalized spacial score (nSPS) is 16.9.